The van der Waals surface area contributed by atoms with Crippen LogP contribution in [0.5, 0.6) is 5.75 Å². The van der Waals surface area contributed by atoms with Crippen LogP contribution >= 0.6 is 0 Å². The van der Waals surface area contributed by atoms with Gasteiger partial charge in [0.2, 0.25) is 5.95 Å². The summed E-state index contributed by atoms with van der Waals surface area (Å²) in [6, 6.07) is 2.27. The second-order valence-electron chi connectivity index (χ2n) is 8.63. The molecule has 4 heterocycles. The molecule has 10 nitrogen and oxygen atoms in total. The second-order valence-corrected chi connectivity index (χ2v) is 11.3. The predicted molar refractivity (Wildman–Crippen MR) is 118 cm³/mol. The van der Waals surface area contributed by atoms with Crippen LogP contribution in [0.4, 0.5) is 19.4 Å². The van der Waals surface area contributed by atoms with Crippen LogP contribution in [0.2, 0.25) is 0 Å². The molecular formula is C21H23F2N5O5S. The van der Waals surface area contributed by atoms with Gasteiger partial charge in [-0.05, 0) is 26.8 Å². The lowest BCUT2D eigenvalue weighted by molar-refractivity contribution is 0.152. The van der Waals surface area contributed by atoms with Crippen LogP contribution in [0.1, 0.15) is 20.8 Å². The molecule has 1 fully saturated rings. The van der Waals surface area contributed by atoms with E-state index in [0.29, 0.717) is 6.54 Å². The molecule has 182 valence electrons. The van der Waals surface area contributed by atoms with Crippen LogP contribution in [0.3, 0.4) is 0 Å². The monoisotopic (exact) mass is 495 g/mol. The van der Waals surface area contributed by atoms with Crippen molar-refractivity contribution in [2.45, 2.75) is 30.4 Å². The van der Waals surface area contributed by atoms with E-state index in [-0.39, 0.29) is 47.3 Å². The van der Waals surface area contributed by atoms with E-state index in [1.165, 1.54) is 48.5 Å². The average Bonchev–Trinajstić information content (AvgIpc) is 3.35. The maximum absolute atomic E-state index is 14.5. The SMILES string of the molecule is CC(C)(C)S(=O)(=O)c1cn2c(-c3cc(F)c(N)nc3F)cnc2cc1OCCN1CCOC1=O. The quantitative estimate of drug-likeness (QED) is 0.517. The zero-order chi connectivity index (χ0) is 24.8. The Labute approximate surface area is 194 Å². The number of rotatable bonds is 6. The van der Waals surface area contributed by atoms with Crippen molar-refractivity contribution in [2.75, 3.05) is 32.0 Å². The Hall–Kier alpha value is -3.48. The average molecular weight is 496 g/mol. The van der Waals surface area contributed by atoms with Crippen molar-refractivity contribution in [1.29, 1.82) is 0 Å². The van der Waals surface area contributed by atoms with Crippen molar-refractivity contribution in [3.8, 4) is 17.0 Å². The second kappa shape index (κ2) is 8.38. The van der Waals surface area contributed by atoms with Gasteiger partial charge in [-0.3, -0.25) is 4.40 Å². The van der Waals surface area contributed by atoms with Crippen molar-refractivity contribution < 1.29 is 31.5 Å². The van der Waals surface area contributed by atoms with Gasteiger partial charge in [0.15, 0.2) is 21.5 Å². The number of sulfone groups is 1. The van der Waals surface area contributed by atoms with Gasteiger partial charge in [0, 0.05) is 12.3 Å². The number of fused-ring (bicyclic) bond motifs is 1. The van der Waals surface area contributed by atoms with E-state index in [9.17, 15) is 22.0 Å². The summed E-state index contributed by atoms with van der Waals surface area (Å²) in [6.45, 7) is 5.49. The lowest BCUT2D eigenvalue weighted by Gasteiger charge is -2.22. The van der Waals surface area contributed by atoms with E-state index < -0.39 is 38.3 Å². The van der Waals surface area contributed by atoms with Crippen LogP contribution in [-0.2, 0) is 14.6 Å². The third kappa shape index (κ3) is 4.11. The molecule has 0 unspecified atom stereocenters. The van der Waals surface area contributed by atoms with E-state index >= 15 is 0 Å². The number of ether oxygens (including phenoxy) is 2. The predicted octanol–water partition coefficient (Wildman–Crippen LogP) is 2.66. The first kappa shape index (κ1) is 23.7. The van der Waals surface area contributed by atoms with Gasteiger partial charge in [0.25, 0.3) is 0 Å². The molecule has 0 aromatic carbocycles. The van der Waals surface area contributed by atoms with Crippen molar-refractivity contribution in [3.05, 3.63) is 36.3 Å². The van der Waals surface area contributed by atoms with Crippen molar-refractivity contribution in [2.24, 2.45) is 0 Å². The Morgan fingerprint density at radius 1 is 1.26 bits per heavy atom. The number of aromatic nitrogens is 3. The minimum absolute atomic E-state index is 0.00717. The number of nitrogens with two attached hydrogens (primary N) is 1. The first-order valence-corrected chi connectivity index (χ1v) is 11.8. The lowest BCUT2D eigenvalue weighted by Crippen LogP contribution is -2.30. The highest BCUT2D eigenvalue weighted by atomic mass is 32.2. The number of halogens is 2. The van der Waals surface area contributed by atoms with Crippen LogP contribution < -0.4 is 10.5 Å². The number of anilines is 1. The molecule has 0 radical (unpaired) electrons. The Kier molecular flexibility index (Phi) is 5.84. The van der Waals surface area contributed by atoms with E-state index in [1.54, 1.807) is 0 Å². The Morgan fingerprint density at radius 3 is 2.65 bits per heavy atom. The van der Waals surface area contributed by atoms with Crippen LogP contribution in [0, 0.1) is 11.8 Å². The lowest BCUT2D eigenvalue weighted by atomic mass is 10.2. The summed E-state index contributed by atoms with van der Waals surface area (Å²) in [6.07, 6.45) is 2.05. The van der Waals surface area contributed by atoms with Crippen molar-refractivity contribution in [3.63, 3.8) is 0 Å². The largest absolute Gasteiger partial charge is 0.490 e. The van der Waals surface area contributed by atoms with Crippen LogP contribution in [0.25, 0.3) is 16.9 Å². The number of amides is 1. The fourth-order valence-electron chi connectivity index (χ4n) is 3.38. The summed E-state index contributed by atoms with van der Waals surface area (Å²) < 4.78 is 66.0. The molecule has 3 aromatic rings. The molecule has 0 bridgehead atoms. The molecule has 0 saturated carbocycles. The maximum Gasteiger partial charge on any atom is 0.410 e. The molecule has 0 spiro atoms. The van der Waals surface area contributed by atoms with Crippen molar-refractivity contribution >= 4 is 27.4 Å². The molecule has 3 aromatic heterocycles. The molecule has 34 heavy (non-hydrogen) atoms. The Balaban J connectivity index is 1.80. The summed E-state index contributed by atoms with van der Waals surface area (Å²) in [5.74, 6) is -2.52. The number of hydrogen-bond donors (Lipinski definition) is 1. The number of pyridine rings is 2. The minimum Gasteiger partial charge on any atom is -0.490 e. The number of hydrogen-bond acceptors (Lipinski definition) is 8. The number of imidazole rings is 1. The molecule has 13 heteroatoms. The molecule has 1 aliphatic rings. The number of carbonyl (C=O) groups is 1. The molecule has 4 rings (SSSR count). The van der Waals surface area contributed by atoms with Gasteiger partial charge >= 0.3 is 6.09 Å². The third-order valence-electron chi connectivity index (χ3n) is 5.37. The highest BCUT2D eigenvalue weighted by molar-refractivity contribution is 7.92. The smallest absolute Gasteiger partial charge is 0.410 e. The highest BCUT2D eigenvalue weighted by Gasteiger charge is 2.35. The number of cyclic esters (lactones) is 1. The van der Waals surface area contributed by atoms with E-state index in [4.69, 9.17) is 15.2 Å². The highest BCUT2D eigenvalue weighted by Crippen LogP contribution is 2.35. The van der Waals surface area contributed by atoms with Gasteiger partial charge in [0.1, 0.15) is 29.5 Å². The molecule has 1 aliphatic heterocycles. The molecule has 0 aliphatic carbocycles. The fraction of sp³-hybridized carbons (Fsp3) is 0.381. The van der Waals surface area contributed by atoms with Gasteiger partial charge in [0.05, 0.1) is 35.3 Å². The summed E-state index contributed by atoms with van der Waals surface area (Å²) in [5.41, 5.74) is 5.40. The first-order valence-electron chi connectivity index (χ1n) is 10.3. The van der Waals surface area contributed by atoms with Gasteiger partial charge in [-0.1, -0.05) is 0 Å². The molecule has 2 N–H and O–H groups in total. The summed E-state index contributed by atoms with van der Waals surface area (Å²) >= 11 is 0. The Morgan fingerprint density at radius 2 is 2.00 bits per heavy atom. The minimum atomic E-state index is -3.94. The van der Waals surface area contributed by atoms with Gasteiger partial charge in [-0.2, -0.15) is 9.37 Å². The molecule has 0 atom stereocenters. The van der Waals surface area contributed by atoms with Gasteiger partial charge < -0.3 is 20.1 Å². The van der Waals surface area contributed by atoms with Gasteiger partial charge in [-0.15, -0.1) is 0 Å². The number of nitrogen functional groups attached to an aromatic ring is 1. The van der Waals surface area contributed by atoms with Gasteiger partial charge in [-0.25, -0.2) is 22.6 Å². The zero-order valence-corrected chi connectivity index (χ0v) is 19.5. The maximum atomic E-state index is 14.5. The first-order chi connectivity index (χ1) is 15.9. The van der Waals surface area contributed by atoms with Crippen molar-refractivity contribution in [1.82, 2.24) is 19.3 Å². The van der Waals surface area contributed by atoms with E-state index in [2.05, 4.69) is 9.97 Å². The number of nitrogens with zero attached hydrogens (tertiary/aromatic N) is 4. The standard InChI is InChI=1S/C21H23F2N5O5S/c1-21(2,3)34(30,31)16-11-28-14(12-8-13(22)19(24)26-18(12)23)10-25-17(28)9-15(16)32-6-4-27-5-7-33-20(27)29/h8-11H,4-7H2,1-3H3,(H2,24,26). The van der Waals surface area contributed by atoms with E-state index in [0.717, 1.165) is 6.07 Å². The summed E-state index contributed by atoms with van der Waals surface area (Å²) in [7, 11) is -3.94. The van der Waals surface area contributed by atoms with E-state index in [1.807, 2.05) is 0 Å². The molecule has 1 amide bonds. The molecular weight excluding hydrogens is 472 g/mol. The number of carbonyl (C=O) groups excluding carboxylic acids is 1. The molecule has 1 saturated heterocycles. The zero-order valence-electron chi connectivity index (χ0n) is 18.7. The van der Waals surface area contributed by atoms with Crippen LogP contribution in [0.15, 0.2) is 29.4 Å². The summed E-state index contributed by atoms with van der Waals surface area (Å²) in [5, 5.41) is 0. The normalized spacial score (nSPS) is 14.6. The Bertz CT molecular complexity index is 1380. The third-order valence-corrected chi connectivity index (χ3v) is 7.86. The fourth-order valence-corrected chi connectivity index (χ4v) is 4.67. The topological polar surface area (TPSA) is 129 Å². The summed E-state index contributed by atoms with van der Waals surface area (Å²) in [4.78, 5) is 20.4. The van der Waals surface area contributed by atoms with Crippen LogP contribution in [-0.4, -0.2) is 64.8 Å².